The zero-order chi connectivity index (χ0) is 19.2. The Labute approximate surface area is 165 Å². The van der Waals surface area contributed by atoms with Crippen molar-refractivity contribution < 1.29 is 14.3 Å². The predicted octanol–water partition coefficient (Wildman–Crippen LogP) is 5.13. The fourth-order valence-corrected chi connectivity index (χ4v) is 2.84. The lowest BCUT2D eigenvalue weighted by Crippen LogP contribution is -2.29. The summed E-state index contributed by atoms with van der Waals surface area (Å²) in [5.74, 6) is -0.119. The van der Waals surface area contributed by atoms with Gasteiger partial charge in [0.05, 0.1) is 0 Å². The number of rotatable bonds is 4. The highest BCUT2D eigenvalue weighted by Crippen LogP contribution is 2.23. The molecule has 0 atom stereocenters. The van der Waals surface area contributed by atoms with Crippen LogP contribution in [-0.2, 0) is 9.59 Å². The Morgan fingerprint density at radius 1 is 0.815 bits per heavy atom. The monoisotopic (exact) mass is 424 g/mol. The first-order valence-electron chi connectivity index (χ1n) is 8.23. The SMILES string of the molecule is Cc1cc(Br)ccc1NC(=O)C(=O)Nc1ccc(Oc2ccccc2)cc1. The first-order valence-corrected chi connectivity index (χ1v) is 9.02. The van der Waals surface area contributed by atoms with Gasteiger partial charge in [-0.3, -0.25) is 9.59 Å². The topological polar surface area (TPSA) is 67.4 Å². The highest BCUT2D eigenvalue weighted by Gasteiger charge is 2.15. The van der Waals surface area contributed by atoms with Gasteiger partial charge in [-0.25, -0.2) is 0 Å². The zero-order valence-electron chi connectivity index (χ0n) is 14.5. The number of hydrogen-bond donors (Lipinski definition) is 2. The second kappa shape index (κ2) is 8.51. The first-order chi connectivity index (χ1) is 13.0. The van der Waals surface area contributed by atoms with E-state index in [0.717, 1.165) is 15.8 Å². The van der Waals surface area contributed by atoms with E-state index in [-0.39, 0.29) is 0 Å². The van der Waals surface area contributed by atoms with Crippen LogP contribution in [0.2, 0.25) is 0 Å². The molecule has 6 heteroatoms. The third kappa shape index (κ3) is 5.18. The van der Waals surface area contributed by atoms with Crippen LogP contribution in [0.3, 0.4) is 0 Å². The number of carbonyl (C=O) groups is 2. The van der Waals surface area contributed by atoms with Crippen molar-refractivity contribution in [2.75, 3.05) is 10.6 Å². The van der Waals surface area contributed by atoms with Crippen LogP contribution < -0.4 is 15.4 Å². The van der Waals surface area contributed by atoms with E-state index in [2.05, 4.69) is 26.6 Å². The van der Waals surface area contributed by atoms with E-state index in [1.807, 2.05) is 43.3 Å². The average Bonchev–Trinajstić information content (AvgIpc) is 2.66. The number of nitrogens with one attached hydrogen (secondary N) is 2. The molecule has 0 aliphatic carbocycles. The minimum Gasteiger partial charge on any atom is -0.457 e. The fraction of sp³-hybridized carbons (Fsp3) is 0.0476. The van der Waals surface area contributed by atoms with Gasteiger partial charge in [0, 0.05) is 15.8 Å². The molecule has 0 aliphatic heterocycles. The summed E-state index contributed by atoms with van der Waals surface area (Å²) in [6, 6.07) is 21.6. The Hall–Kier alpha value is -3.12. The van der Waals surface area contributed by atoms with Crippen molar-refractivity contribution in [2.24, 2.45) is 0 Å². The molecular formula is C21H17BrN2O3. The molecule has 2 amide bonds. The number of para-hydroxylation sites is 1. The van der Waals surface area contributed by atoms with Crippen molar-refractivity contribution in [3.05, 3.63) is 82.8 Å². The van der Waals surface area contributed by atoms with Crippen LogP contribution in [0.1, 0.15) is 5.56 Å². The van der Waals surface area contributed by atoms with Crippen LogP contribution in [0.25, 0.3) is 0 Å². The average molecular weight is 425 g/mol. The van der Waals surface area contributed by atoms with Crippen LogP contribution in [-0.4, -0.2) is 11.8 Å². The van der Waals surface area contributed by atoms with Gasteiger partial charge in [-0.15, -0.1) is 0 Å². The van der Waals surface area contributed by atoms with E-state index in [0.29, 0.717) is 17.1 Å². The summed E-state index contributed by atoms with van der Waals surface area (Å²) in [7, 11) is 0. The lowest BCUT2D eigenvalue weighted by molar-refractivity contribution is -0.133. The molecule has 136 valence electrons. The normalized spacial score (nSPS) is 10.1. The number of benzene rings is 3. The molecule has 0 fully saturated rings. The molecule has 3 rings (SSSR count). The van der Waals surface area contributed by atoms with Crippen LogP contribution in [0.4, 0.5) is 11.4 Å². The number of anilines is 2. The van der Waals surface area contributed by atoms with Crippen molar-refractivity contribution in [1.29, 1.82) is 0 Å². The highest BCUT2D eigenvalue weighted by atomic mass is 79.9. The van der Waals surface area contributed by atoms with Gasteiger partial charge in [0.2, 0.25) is 0 Å². The molecule has 0 spiro atoms. The van der Waals surface area contributed by atoms with Gasteiger partial charge in [0.15, 0.2) is 0 Å². The van der Waals surface area contributed by atoms with Gasteiger partial charge in [-0.05, 0) is 67.1 Å². The third-order valence-corrected chi connectivity index (χ3v) is 4.23. The van der Waals surface area contributed by atoms with Crippen LogP contribution in [0.15, 0.2) is 77.3 Å². The van der Waals surface area contributed by atoms with E-state index in [1.54, 1.807) is 36.4 Å². The summed E-state index contributed by atoms with van der Waals surface area (Å²) in [6.45, 7) is 1.85. The molecular weight excluding hydrogens is 408 g/mol. The van der Waals surface area contributed by atoms with Gasteiger partial charge in [0.1, 0.15) is 11.5 Å². The Bertz CT molecular complexity index is 957. The Balaban J connectivity index is 1.59. The Morgan fingerprint density at radius 2 is 1.44 bits per heavy atom. The molecule has 27 heavy (non-hydrogen) atoms. The highest BCUT2D eigenvalue weighted by molar-refractivity contribution is 9.10. The molecule has 2 N–H and O–H groups in total. The number of halogens is 1. The van der Waals surface area contributed by atoms with Crippen LogP contribution in [0.5, 0.6) is 11.5 Å². The van der Waals surface area contributed by atoms with Crippen molar-refractivity contribution in [2.45, 2.75) is 6.92 Å². The van der Waals surface area contributed by atoms with Crippen molar-refractivity contribution in [1.82, 2.24) is 0 Å². The Kier molecular flexibility index (Phi) is 5.88. The summed E-state index contributed by atoms with van der Waals surface area (Å²) in [5.41, 5.74) is 1.95. The summed E-state index contributed by atoms with van der Waals surface area (Å²) in [4.78, 5) is 24.2. The Morgan fingerprint density at radius 3 is 2.11 bits per heavy atom. The van der Waals surface area contributed by atoms with Crippen LogP contribution in [0, 0.1) is 6.92 Å². The van der Waals surface area contributed by atoms with Crippen molar-refractivity contribution >= 4 is 39.1 Å². The molecule has 5 nitrogen and oxygen atoms in total. The third-order valence-electron chi connectivity index (χ3n) is 3.73. The first kappa shape index (κ1) is 18.7. The fourth-order valence-electron chi connectivity index (χ4n) is 2.37. The summed E-state index contributed by atoms with van der Waals surface area (Å²) in [6.07, 6.45) is 0. The van der Waals surface area contributed by atoms with Crippen molar-refractivity contribution in [3.63, 3.8) is 0 Å². The lowest BCUT2D eigenvalue weighted by Gasteiger charge is -2.10. The number of amides is 2. The maximum Gasteiger partial charge on any atom is 0.314 e. The molecule has 0 saturated carbocycles. The molecule has 3 aromatic carbocycles. The van der Waals surface area contributed by atoms with E-state index in [1.165, 1.54) is 0 Å². The minimum atomic E-state index is -0.742. The molecule has 0 heterocycles. The number of carbonyl (C=O) groups excluding carboxylic acids is 2. The molecule has 0 radical (unpaired) electrons. The molecule has 3 aromatic rings. The quantitative estimate of drug-likeness (QED) is 0.570. The van der Waals surface area contributed by atoms with Gasteiger partial charge < -0.3 is 15.4 Å². The predicted molar refractivity (Wildman–Crippen MR) is 109 cm³/mol. The number of aryl methyl sites for hydroxylation is 1. The van der Waals surface area contributed by atoms with Crippen molar-refractivity contribution in [3.8, 4) is 11.5 Å². The molecule has 0 aliphatic rings. The van der Waals surface area contributed by atoms with Gasteiger partial charge in [-0.2, -0.15) is 0 Å². The molecule has 0 bridgehead atoms. The van der Waals surface area contributed by atoms with E-state index in [9.17, 15) is 9.59 Å². The van der Waals surface area contributed by atoms with E-state index < -0.39 is 11.8 Å². The summed E-state index contributed by atoms with van der Waals surface area (Å²) >= 11 is 3.36. The van der Waals surface area contributed by atoms with Gasteiger partial charge in [0.25, 0.3) is 0 Å². The van der Waals surface area contributed by atoms with Gasteiger partial charge in [-0.1, -0.05) is 34.1 Å². The molecule has 0 aromatic heterocycles. The second-order valence-electron chi connectivity index (χ2n) is 5.81. The molecule has 0 saturated heterocycles. The summed E-state index contributed by atoms with van der Waals surface area (Å²) < 4.78 is 6.59. The molecule has 0 unspecified atom stereocenters. The van der Waals surface area contributed by atoms with Crippen LogP contribution >= 0.6 is 15.9 Å². The lowest BCUT2D eigenvalue weighted by atomic mass is 10.2. The second-order valence-corrected chi connectivity index (χ2v) is 6.72. The van der Waals surface area contributed by atoms with E-state index >= 15 is 0 Å². The number of ether oxygens (including phenoxy) is 1. The van der Waals surface area contributed by atoms with E-state index in [4.69, 9.17) is 4.74 Å². The smallest absolute Gasteiger partial charge is 0.314 e. The maximum absolute atomic E-state index is 12.1. The standard InChI is InChI=1S/C21H17BrN2O3/c1-14-13-15(22)7-12-19(14)24-21(26)20(25)23-16-8-10-18(11-9-16)27-17-5-3-2-4-6-17/h2-13H,1H3,(H,23,25)(H,24,26). The zero-order valence-corrected chi connectivity index (χ0v) is 16.1. The summed E-state index contributed by atoms with van der Waals surface area (Å²) in [5, 5.41) is 5.17. The maximum atomic E-state index is 12.1. The minimum absolute atomic E-state index is 0.503. The number of hydrogen-bond acceptors (Lipinski definition) is 3. The van der Waals surface area contributed by atoms with Gasteiger partial charge >= 0.3 is 11.8 Å². The largest absolute Gasteiger partial charge is 0.457 e.